The van der Waals surface area contributed by atoms with Gasteiger partial charge in [0.15, 0.2) is 0 Å². The third kappa shape index (κ3) is 4.32. The van der Waals surface area contributed by atoms with E-state index in [4.69, 9.17) is 22.1 Å². The molecule has 0 saturated heterocycles. The largest absolute Gasteiger partial charge is 0.468 e. The Labute approximate surface area is 203 Å². The van der Waals surface area contributed by atoms with Gasteiger partial charge in [0.05, 0.1) is 18.6 Å². The van der Waals surface area contributed by atoms with Crippen molar-refractivity contribution in [2.75, 3.05) is 13.7 Å². The minimum absolute atomic E-state index is 0.0616. The molecule has 0 aromatic heterocycles. The average Bonchev–Trinajstić information content (AvgIpc) is 3.59. The minimum atomic E-state index is -4.28. The Morgan fingerprint density at radius 1 is 1.00 bits per heavy atom. The lowest BCUT2D eigenvalue weighted by Crippen LogP contribution is -2.52. The van der Waals surface area contributed by atoms with E-state index < -0.39 is 39.9 Å². The standard InChI is InChI=1S/C25H23ClN2O5S/c1-33-24(30)25(15-22(25)19-5-3-2-4-6-19)28(16-23(27)29)34(31,32)21-13-9-18(10-14-21)17-7-11-20(26)12-8-17/h2-14,22H,15-16H2,1H3,(H2,27,29). The van der Waals surface area contributed by atoms with Gasteiger partial charge in [-0.2, -0.15) is 4.31 Å². The van der Waals surface area contributed by atoms with Crippen molar-refractivity contribution >= 4 is 33.5 Å². The summed E-state index contributed by atoms with van der Waals surface area (Å²) in [6, 6.07) is 22.4. The van der Waals surface area contributed by atoms with E-state index in [0.717, 1.165) is 21.0 Å². The summed E-state index contributed by atoms with van der Waals surface area (Å²) in [5.41, 5.74) is 6.29. The molecule has 3 aromatic rings. The van der Waals surface area contributed by atoms with Gasteiger partial charge in [0, 0.05) is 10.9 Å². The van der Waals surface area contributed by atoms with Crippen LogP contribution >= 0.6 is 11.6 Å². The molecular formula is C25H23ClN2O5S. The summed E-state index contributed by atoms with van der Waals surface area (Å²) in [7, 11) is -3.09. The number of carbonyl (C=O) groups is 2. The molecule has 3 aromatic carbocycles. The monoisotopic (exact) mass is 498 g/mol. The molecule has 0 aliphatic heterocycles. The summed E-state index contributed by atoms with van der Waals surface area (Å²) in [5, 5.41) is 0.593. The van der Waals surface area contributed by atoms with Gasteiger partial charge in [-0.1, -0.05) is 66.2 Å². The Kier molecular flexibility index (Phi) is 6.49. The fraction of sp³-hybridized carbons (Fsp3) is 0.200. The number of benzene rings is 3. The van der Waals surface area contributed by atoms with Crippen LogP contribution in [0.15, 0.2) is 83.8 Å². The zero-order chi connectivity index (χ0) is 24.5. The van der Waals surface area contributed by atoms with E-state index in [2.05, 4.69) is 0 Å². The number of esters is 1. The average molecular weight is 499 g/mol. The van der Waals surface area contributed by atoms with Crippen molar-refractivity contribution < 1.29 is 22.7 Å². The number of hydrogen-bond acceptors (Lipinski definition) is 5. The third-order valence-electron chi connectivity index (χ3n) is 6.04. The molecule has 2 atom stereocenters. The molecule has 1 aliphatic rings. The van der Waals surface area contributed by atoms with Crippen molar-refractivity contribution in [3.63, 3.8) is 0 Å². The molecule has 176 valence electrons. The normalized spacial score (nSPS) is 19.6. The number of amides is 1. The molecule has 9 heteroatoms. The Morgan fingerprint density at radius 3 is 2.09 bits per heavy atom. The highest BCUT2D eigenvalue weighted by molar-refractivity contribution is 7.89. The van der Waals surface area contributed by atoms with Crippen LogP contribution in [-0.4, -0.2) is 43.8 Å². The topological polar surface area (TPSA) is 107 Å². The summed E-state index contributed by atoms with van der Waals surface area (Å²) in [6.45, 7) is -0.653. The van der Waals surface area contributed by atoms with Crippen molar-refractivity contribution in [1.29, 1.82) is 0 Å². The molecule has 0 spiro atoms. The van der Waals surface area contributed by atoms with Gasteiger partial charge in [-0.25, -0.2) is 13.2 Å². The van der Waals surface area contributed by atoms with E-state index in [-0.39, 0.29) is 11.3 Å². The zero-order valence-electron chi connectivity index (χ0n) is 18.3. The first kappa shape index (κ1) is 23.9. The van der Waals surface area contributed by atoms with Crippen LogP contribution in [0.4, 0.5) is 0 Å². The Balaban J connectivity index is 1.74. The van der Waals surface area contributed by atoms with Gasteiger partial charge < -0.3 is 10.5 Å². The molecule has 1 saturated carbocycles. The SMILES string of the molecule is COC(=O)C1(N(CC(N)=O)S(=O)(=O)c2ccc(-c3ccc(Cl)cc3)cc2)CC1c1ccccc1. The molecule has 0 heterocycles. The fourth-order valence-electron chi connectivity index (χ4n) is 4.28. The zero-order valence-corrected chi connectivity index (χ0v) is 19.9. The first-order chi connectivity index (χ1) is 16.2. The van der Waals surface area contributed by atoms with Crippen LogP contribution in [0.2, 0.25) is 5.02 Å². The van der Waals surface area contributed by atoms with Crippen molar-refractivity contribution in [2.24, 2.45) is 5.73 Å². The molecular weight excluding hydrogens is 476 g/mol. The maximum Gasteiger partial charge on any atom is 0.328 e. The highest BCUT2D eigenvalue weighted by atomic mass is 35.5. The highest BCUT2D eigenvalue weighted by Crippen LogP contribution is 2.57. The van der Waals surface area contributed by atoms with E-state index in [0.29, 0.717) is 5.02 Å². The van der Waals surface area contributed by atoms with Gasteiger partial charge >= 0.3 is 5.97 Å². The van der Waals surface area contributed by atoms with Crippen LogP contribution in [0.5, 0.6) is 0 Å². The number of nitrogens with two attached hydrogens (primary N) is 1. The first-order valence-corrected chi connectivity index (χ1v) is 12.3. The maximum atomic E-state index is 13.7. The summed E-state index contributed by atoms with van der Waals surface area (Å²) >= 11 is 5.94. The number of primary amides is 1. The van der Waals surface area contributed by atoms with E-state index in [9.17, 15) is 18.0 Å². The number of sulfonamides is 1. The van der Waals surface area contributed by atoms with Crippen molar-refractivity contribution in [1.82, 2.24) is 4.31 Å². The Bertz CT molecular complexity index is 1310. The number of methoxy groups -OCH3 is 1. The Morgan fingerprint density at radius 2 is 1.56 bits per heavy atom. The second-order valence-electron chi connectivity index (χ2n) is 8.09. The highest BCUT2D eigenvalue weighted by Gasteiger charge is 2.68. The molecule has 1 fully saturated rings. The molecule has 1 amide bonds. The number of carbonyl (C=O) groups excluding carboxylic acids is 2. The number of halogens is 1. The fourth-order valence-corrected chi connectivity index (χ4v) is 6.14. The van der Waals surface area contributed by atoms with E-state index in [1.807, 2.05) is 30.3 Å². The van der Waals surface area contributed by atoms with Crippen molar-refractivity contribution in [3.8, 4) is 11.1 Å². The molecule has 2 unspecified atom stereocenters. The van der Waals surface area contributed by atoms with E-state index in [1.165, 1.54) is 19.2 Å². The second kappa shape index (κ2) is 9.21. The van der Waals surface area contributed by atoms with Gasteiger partial charge in [-0.15, -0.1) is 0 Å². The van der Waals surface area contributed by atoms with Gasteiger partial charge in [-0.3, -0.25) is 4.79 Å². The van der Waals surface area contributed by atoms with Crippen LogP contribution < -0.4 is 5.73 Å². The first-order valence-electron chi connectivity index (χ1n) is 10.5. The number of ether oxygens (including phenoxy) is 1. The van der Waals surface area contributed by atoms with Crippen LogP contribution in [0.3, 0.4) is 0 Å². The molecule has 34 heavy (non-hydrogen) atoms. The van der Waals surface area contributed by atoms with E-state index in [1.54, 1.807) is 36.4 Å². The Hall–Kier alpha value is -3.20. The molecule has 2 N–H and O–H groups in total. The number of nitrogens with zero attached hydrogens (tertiary/aromatic N) is 1. The molecule has 4 rings (SSSR count). The second-order valence-corrected chi connectivity index (χ2v) is 10.4. The smallest absolute Gasteiger partial charge is 0.328 e. The van der Waals surface area contributed by atoms with Crippen LogP contribution in [-0.2, 0) is 24.3 Å². The van der Waals surface area contributed by atoms with Crippen LogP contribution in [0, 0.1) is 0 Å². The lowest BCUT2D eigenvalue weighted by atomic mass is 10.1. The van der Waals surface area contributed by atoms with E-state index >= 15 is 0 Å². The van der Waals surface area contributed by atoms with Crippen molar-refractivity contribution in [3.05, 3.63) is 89.4 Å². The van der Waals surface area contributed by atoms with Crippen LogP contribution in [0.1, 0.15) is 17.9 Å². The maximum absolute atomic E-state index is 13.7. The van der Waals surface area contributed by atoms with Crippen molar-refractivity contribution in [2.45, 2.75) is 22.8 Å². The summed E-state index contributed by atoms with van der Waals surface area (Å²) in [5.74, 6) is -2.07. The third-order valence-corrected chi connectivity index (χ3v) is 8.19. The minimum Gasteiger partial charge on any atom is -0.468 e. The van der Waals surface area contributed by atoms with Gasteiger partial charge in [0.25, 0.3) is 0 Å². The molecule has 0 radical (unpaired) electrons. The summed E-state index contributed by atoms with van der Waals surface area (Å²) in [4.78, 5) is 24.8. The van der Waals surface area contributed by atoms with Gasteiger partial charge in [0.2, 0.25) is 15.9 Å². The number of rotatable bonds is 8. The summed E-state index contributed by atoms with van der Waals surface area (Å²) in [6.07, 6.45) is 0.180. The number of hydrogen-bond donors (Lipinski definition) is 1. The lowest BCUT2D eigenvalue weighted by Gasteiger charge is -2.29. The molecule has 1 aliphatic carbocycles. The van der Waals surface area contributed by atoms with Gasteiger partial charge in [0.1, 0.15) is 5.54 Å². The lowest BCUT2D eigenvalue weighted by molar-refractivity contribution is -0.147. The predicted molar refractivity (Wildman–Crippen MR) is 129 cm³/mol. The quantitative estimate of drug-likeness (QED) is 0.478. The predicted octanol–water partition coefficient (Wildman–Crippen LogP) is 3.58. The van der Waals surface area contributed by atoms with Crippen LogP contribution in [0.25, 0.3) is 11.1 Å². The molecule has 0 bridgehead atoms. The van der Waals surface area contributed by atoms with Gasteiger partial charge in [-0.05, 0) is 47.4 Å². The molecule has 7 nitrogen and oxygen atoms in total. The summed E-state index contributed by atoms with van der Waals surface area (Å²) < 4.78 is 33.4.